The summed E-state index contributed by atoms with van der Waals surface area (Å²) in [7, 11) is 0. The zero-order chi connectivity index (χ0) is 17.8. The molecule has 0 fully saturated rings. The predicted molar refractivity (Wildman–Crippen MR) is 78.9 cm³/mol. The molecule has 0 radical (unpaired) electrons. The van der Waals surface area contributed by atoms with Gasteiger partial charge in [-0.25, -0.2) is 14.4 Å². The second kappa shape index (κ2) is 11.2. The number of carboxylic acid groups (broad SMARTS) is 3. The van der Waals surface area contributed by atoms with E-state index in [1.54, 1.807) is 0 Å². The summed E-state index contributed by atoms with van der Waals surface area (Å²) < 4.78 is 0. The van der Waals surface area contributed by atoms with Crippen molar-refractivity contribution >= 4 is 23.9 Å². The van der Waals surface area contributed by atoms with Crippen LogP contribution in [0, 0.1) is 0 Å². The highest BCUT2D eigenvalue weighted by Crippen LogP contribution is 2.03. The van der Waals surface area contributed by atoms with Crippen LogP contribution in [-0.2, 0) is 14.4 Å². The molecule has 0 aromatic rings. The standard InChI is InChI=1S/C13H23N3O7/c14-7-2-1-4-8(11(19)20)15-13(23)16-9(12(21)22)5-3-6-10(17)18/h8-9H,1-7,14H2,(H,17,18)(H,19,20)(H,21,22)(H2,15,16,23)/t8-,9-/m0/s1. The van der Waals surface area contributed by atoms with Crippen LogP contribution in [0.15, 0.2) is 0 Å². The number of carbonyl (C=O) groups excluding carboxylic acids is 1. The van der Waals surface area contributed by atoms with Gasteiger partial charge in [0.05, 0.1) is 0 Å². The summed E-state index contributed by atoms with van der Waals surface area (Å²) in [6.07, 6.45) is 1.08. The highest BCUT2D eigenvalue weighted by atomic mass is 16.4. The zero-order valence-electron chi connectivity index (χ0n) is 12.7. The molecule has 132 valence electrons. The molecule has 2 atom stereocenters. The molecule has 0 spiro atoms. The second-order valence-corrected chi connectivity index (χ2v) is 4.97. The SMILES string of the molecule is NCCCC[C@H](NC(=O)N[C@@H](CCCC(=O)O)C(=O)O)C(=O)O. The van der Waals surface area contributed by atoms with E-state index in [1.807, 2.05) is 0 Å². The van der Waals surface area contributed by atoms with Crippen LogP contribution in [0.3, 0.4) is 0 Å². The van der Waals surface area contributed by atoms with E-state index in [0.29, 0.717) is 19.4 Å². The number of nitrogens with one attached hydrogen (secondary N) is 2. The first-order valence-corrected chi connectivity index (χ1v) is 7.22. The molecule has 0 aliphatic carbocycles. The minimum absolute atomic E-state index is 0.0695. The number of carboxylic acids is 3. The van der Waals surface area contributed by atoms with Crippen molar-refractivity contribution in [3.05, 3.63) is 0 Å². The summed E-state index contributed by atoms with van der Waals surface area (Å²) in [4.78, 5) is 44.2. The van der Waals surface area contributed by atoms with Crippen molar-refractivity contribution in [1.82, 2.24) is 10.6 Å². The van der Waals surface area contributed by atoms with Crippen molar-refractivity contribution in [2.24, 2.45) is 5.73 Å². The summed E-state index contributed by atoms with van der Waals surface area (Å²) in [5, 5.41) is 30.8. The van der Waals surface area contributed by atoms with Gasteiger partial charge < -0.3 is 31.7 Å². The van der Waals surface area contributed by atoms with Crippen LogP contribution in [-0.4, -0.2) is 57.9 Å². The molecule has 0 aromatic carbocycles. The van der Waals surface area contributed by atoms with Crippen LogP contribution in [0.1, 0.15) is 38.5 Å². The average molecular weight is 333 g/mol. The lowest BCUT2D eigenvalue weighted by molar-refractivity contribution is -0.140. The Morgan fingerprint density at radius 2 is 1.30 bits per heavy atom. The number of amides is 2. The summed E-state index contributed by atoms with van der Waals surface area (Å²) in [6.45, 7) is 0.406. The first-order chi connectivity index (χ1) is 10.8. The van der Waals surface area contributed by atoms with E-state index in [0.717, 1.165) is 0 Å². The lowest BCUT2D eigenvalue weighted by atomic mass is 10.1. The first-order valence-electron chi connectivity index (χ1n) is 7.22. The molecular weight excluding hydrogens is 310 g/mol. The minimum Gasteiger partial charge on any atom is -0.481 e. The Hall–Kier alpha value is -2.36. The molecule has 0 saturated heterocycles. The summed E-state index contributed by atoms with van der Waals surface area (Å²) in [5.41, 5.74) is 5.30. The average Bonchev–Trinajstić information content (AvgIpc) is 2.44. The van der Waals surface area contributed by atoms with E-state index in [-0.39, 0.29) is 25.7 Å². The summed E-state index contributed by atoms with van der Waals surface area (Å²) in [6, 6.07) is -3.35. The van der Waals surface area contributed by atoms with Crippen molar-refractivity contribution in [2.75, 3.05) is 6.54 Å². The molecule has 23 heavy (non-hydrogen) atoms. The molecule has 0 aromatic heterocycles. The van der Waals surface area contributed by atoms with Crippen molar-refractivity contribution in [3.63, 3.8) is 0 Å². The van der Waals surface area contributed by atoms with Crippen molar-refractivity contribution < 1.29 is 34.5 Å². The molecule has 10 nitrogen and oxygen atoms in total. The molecule has 0 saturated carbocycles. The Morgan fingerprint density at radius 3 is 1.70 bits per heavy atom. The molecule has 0 aliphatic rings. The van der Waals surface area contributed by atoms with Gasteiger partial charge in [-0.15, -0.1) is 0 Å². The Bertz CT molecular complexity index is 428. The molecule has 0 bridgehead atoms. The third-order valence-corrected chi connectivity index (χ3v) is 3.04. The molecule has 0 heterocycles. The van der Waals surface area contributed by atoms with Gasteiger partial charge in [0.2, 0.25) is 0 Å². The molecule has 2 amide bonds. The van der Waals surface area contributed by atoms with E-state index in [2.05, 4.69) is 10.6 Å². The monoisotopic (exact) mass is 333 g/mol. The smallest absolute Gasteiger partial charge is 0.326 e. The normalized spacial score (nSPS) is 12.9. The Morgan fingerprint density at radius 1 is 0.826 bits per heavy atom. The van der Waals surface area contributed by atoms with Gasteiger partial charge in [0.25, 0.3) is 0 Å². The van der Waals surface area contributed by atoms with Crippen LogP contribution >= 0.6 is 0 Å². The lowest BCUT2D eigenvalue weighted by Gasteiger charge is -2.18. The number of rotatable bonds is 12. The first kappa shape index (κ1) is 20.6. The summed E-state index contributed by atoms with van der Waals surface area (Å²) in [5.74, 6) is -3.61. The van der Waals surface area contributed by atoms with Gasteiger partial charge in [0, 0.05) is 6.42 Å². The van der Waals surface area contributed by atoms with Gasteiger partial charge in [-0.2, -0.15) is 0 Å². The van der Waals surface area contributed by atoms with Crippen LogP contribution in [0.4, 0.5) is 4.79 Å². The molecule has 0 aliphatic heterocycles. The van der Waals surface area contributed by atoms with Gasteiger partial charge >= 0.3 is 23.9 Å². The van der Waals surface area contributed by atoms with Gasteiger partial charge in [0.1, 0.15) is 12.1 Å². The van der Waals surface area contributed by atoms with Crippen molar-refractivity contribution in [3.8, 4) is 0 Å². The van der Waals surface area contributed by atoms with E-state index < -0.39 is 36.0 Å². The number of carbonyl (C=O) groups is 4. The fraction of sp³-hybridized carbons (Fsp3) is 0.692. The maximum absolute atomic E-state index is 11.7. The van der Waals surface area contributed by atoms with E-state index in [9.17, 15) is 19.2 Å². The van der Waals surface area contributed by atoms with Crippen molar-refractivity contribution in [1.29, 1.82) is 0 Å². The van der Waals surface area contributed by atoms with Crippen LogP contribution < -0.4 is 16.4 Å². The molecule has 10 heteroatoms. The second-order valence-electron chi connectivity index (χ2n) is 4.97. The van der Waals surface area contributed by atoms with Gasteiger partial charge in [-0.1, -0.05) is 0 Å². The fourth-order valence-electron chi connectivity index (χ4n) is 1.82. The molecule has 0 rings (SSSR count). The highest BCUT2D eigenvalue weighted by Gasteiger charge is 2.24. The van der Waals surface area contributed by atoms with Crippen LogP contribution in [0.2, 0.25) is 0 Å². The Labute approximate surface area is 133 Å². The maximum Gasteiger partial charge on any atom is 0.326 e. The zero-order valence-corrected chi connectivity index (χ0v) is 12.7. The van der Waals surface area contributed by atoms with Crippen LogP contribution in [0.25, 0.3) is 0 Å². The maximum atomic E-state index is 11.7. The number of hydrogen-bond donors (Lipinski definition) is 6. The van der Waals surface area contributed by atoms with Gasteiger partial charge in [-0.05, 0) is 38.6 Å². The molecule has 7 N–H and O–H groups in total. The number of nitrogens with two attached hydrogens (primary N) is 1. The quantitative estimate of drug-likeness (QED) is 0.260. The predicted octanol–water partition coefficient (Wildman–Crippen LogP) is -0.424. The number of unbranched alkanes of at least 4 members (excludes halogenated alkanes) is 1. The third-order valence-electron chi connectivity index (χ3n) is 3.04. The highest BCUT2D eigenvalue weighted by molar-refractivity contribution is 5.86. The van der Waals surface area contributed by atoms with E-state index >= 15 is 0 Å². The lowest BCUT2D eigenvalue weighted by Crippen LogP contribution is -2.51. The fourth-order valence-corrected chi connectivity index (χ4v) is 1.82. The van der Waals surface area contributed by atoms with E-state index in [1.165, 1.54) is 0 Å². The minimum atomic E-state index is -1.32. The Balaban J connectivity index is 4.44. The molecule has 0 unspecified atom stereocenters. The summed E-state index contributed by atoms with van der Waals surface area (Å²) >= 11 is 0. The van der Waals surface area contributed by atoms with Gasteiger partial charge in [-0.3, -0.25) is 4.79 Å². The van der Waals surface area contributed by atoms with Gasteiger partial charge in [0.15, 0.2) is 0 Å². The largest absolute Gasteiger partial charge is 0.481 e. The number of hydrogen-bond acceptors (Lipinski definition) is 5. The number of aliphatic carboxylic acids is 3. The Kier molecular flexibility index (Phi) is 10.1. The molecular formula is C13H23N3O7. The third kappa shape index (κ3) is 10.1. The van der Waals surface area contributed by atoms with Crippen molar-refractivity contribution in [2.45, 2.75) is 50.6 Å². The topological polar surface area (TPSA) is 179 Å². The van der Waals surface area contributed by atoms with Crippen LogP contribution in [0.5, 0.6) is 0 Å². The number of urea groups is 1. The van der Waals surface area contributed by atoms with E-state index in [4.69, 9.17) is 21.1 Å².